The highest BCUT2D eigenvalue weighted by Crippen LogP contribution is 2.28. The summed E-state index contributed by atoms with van der Waals surface area (Å²) in [4.78, 5) is 5.05. The number of fused-ring (bicyclic) bond motifs is 1. The van der Waals surface area contributed by atoms with Crippen molar-refractivity contribution in [1.82, 2.24) is 4.90 Å². The summed E-state index contributed by atoms with van der Waals surface area (Å²) in [5.74, 6) is -0.161. The van der Waals surface area contributed by atoms with E-state index in [4.69, 9.17) is 5.73 Å². The fourth-order valence-corrected chi connectivity index (χ4v) is 3.75. The summed E-state index contributed by atoms with van der Waals surface area (Å²) in [6.07, 6.45) is 4.70. The van der Waals surface area contributed by atoms with E-state index in [1.54, 1.807) is 12.1 Å². The highest BCUT2D eigenvalue weighted by atomic mass is 19.1. The van der Waals surface area contributed by atoms with Gasteiger partial charge < -0.3 is 10.6 Å². The van der Waals surface area contributed by atoms with Gasteiger partial charge in [0.25, 0.3) is 0 Å². The van der Waals surface area contributed by atoms with Gasteiger partial charge in [-0.2, -0.15) is 0 Å². The van der Waals surface area contributed by atoms with Crippen LogP contribution in [0.25, 0.3) is 0 Å². The quantitative estimate of drug-likeness (QED) is 0.928. The molecule has 1 aromatic rings. The number of piperidine rings is 1. The van der Waals surface area contributed by atoms with Gasteiger partial charge in [0.2, 0.25) is 0 Å². The number of rotatable bonds is 3. The van der Waals surface area contributed by atoms with E-state index in [-0.39, 0.29) is 11.9 Å². The molecule has 2 atom stereocenters. The van der Waals surface area contributed by atoms with Gasteiger partial charge in [-0.25, -0.2) is 4.39 Å². The third-order valence-corrected chi connectivity index (χ3v) is 4.76. The molecule has 2 unspecified atom stereocenters. The lowest BCUT2D eigenvalue weighted by atomic mass is 9.97. The Hall–Kier alpha value is -1.13. The number of hydrogen-bond donors (Lipinski definition) is 1. The lowest BCUT2D eigenvalue weighted by Crippen LogP contribution is -2.55. The Bertz CT molecular complexity index is 489. The predicted molar refractivity (Wildman–Crippen MR) is 85.2 cm³/mol. The largest absolute Gasteiger partial charge is 0.368 e. The van der Waals surface area contributed by atoms with E-state index in [2.05, 4.69) is 9.80 Å². The van der Waals surface area contributed by atoms with Crippen molar-refractivity contribution >= 4 is 5.69 Å². The predicted octanol–water partition coefficient (Wildman–Crippen LogP) is 2.39. The molecule has 0 saturated carbocycles. The van der Waals surface area contributed by atoms with Crippen LogP contribution in [0.2, 0.25) is 0 Å². The zero-order valence-corrected chi connectivity index (χ0v) is 12.9. The average Bonchev–Trinajstić information content (AvgIpc) is 2.46. The van der Waals surface area contributed by atoms with Crippen molar-refractivity contribution in [3.8, 4) is 0 Å². The smallest absolute Gasteiger partial charge is 0.123 e. The molecule has 2 saturated heterocycles. The average molecular weight is 291 g/mol. The first-order valence-electron chi connectivity index (χ1n) is 8.16. The lowest BCUT2D eigenvalue weighted by Gasteiger charge is -2.45. The minimum Gasteiger partial charge on any atom is -0.368 e. The summed E-state index contributed by atoms with van der Waals surface area (Å²) in [7, 11) is 0. The van der Waals surface area contributed by atoms with Crippen LogP contribution in [0, 0.1) is 5.82 Å². The van der Waals surface area contributed by atoms with E-state index in [1.165, 1.54) is 31.5 Å². The third kappa shape index (κ3) is 3.38. The molecule has 0 spiro atoms. The van der Waals surface area contributed by atoms with Crippen LogP contribution in [0.15, 0.2) is 18.2 Å². The summed E-state index contributed by atoms with van der Waals surface area (Å²) in [5.41, 5.74) is 8.16. The topological polar surface area (TPSA) is 32.5 Å². The Labute approximate surface area is 126 Å². The van der Waals surface area contributed by atoms with Gasteiger partial charge in [0.1, 0.15) is 5.82 Å². The summed E-state index contributed by atoms with van der Waals surface area (Å²) < 4.78 is 13.6. The molecule has 2 fully saturated rings. The zero-order chi connectivity index (χ0) is 14.8. The highest BCUT2D eigenvalue weighted by Gasteiger charge is 2.29. The van der Waals surface area contributed by atoms with Gasteiger partial charge >= 0.3 is 0 Å². The maximum Gasteiger partial charge on any atom is 0.123 e. The molecule has 0 radical (unpaired) electrons. The maximum atomic E-state index is 13.6. The molecule has 3 nitrogen and oxygen atoms in total. The third-order valence-electron chi connectivity index (χ3n) is 4.76. The molecule has 2 heterocycles. The van der Waals surface area contributed by atoms with E-state index < -0.39 is 0 Å². The number of anilines is 1. The molecule has 2 aliphatic rings. The molecule has 4 heteroatoms. The van der Waals surface area contributed by atoms with Crippen LogP contribution in [-0.2, 0) is 6.42 Å². The van der Waals surface area contributed by atoms with Crippen LogP contribution < -0.4 is 10.6 Å². The van der Waals surface area contributed by atoms with Crippen LogP contribution in [0.5, 0.6) is 0 Å². The summed E-state index contributed by atoms with van der Waals surface area (Å²) in [6.45, 7) is 6.45. The van der Waals surface area contributed by atoms with Crippen LogP contribution in [0.4, 0.5) is 10.1 Å². The van der Waals surface area contributed by atoms with E-state index in [1.807, 2.05) is 13.0 Å². The SMILES string of the molecule is CC(N)Cc1cc(F)ccc1N1CCN2CCCCC2C1. The molecule has 2 aliphatic heterocycles. The number of nitrogens with two attached hydrogens (primary N) is 1. The van der Waals surface area contributed by atoms with E-state index >= 15 is 0 Å². The van der Waals surface area contributed by atoms with Crippen molar-refractivity contribution in [2.24, 2.45) is 5.73 Å². The molecule has 21 heavy (non-hydrogen) atoms. The zero-order valence-electron chi connectivity index (χ0n) is 12.9. The maximum absolute atomic E-state index is 13.6. The van der Waals surface area contributed by atoms with Crippen LogP contribution >= 0.6 is 0 Å². The van der Waals surface area contributed by atoms with Crippen molar-refractivity contribution in [1.29, 1.82) is 0 Å². The number of benzene rings is 1. The molecular formula is C17H26FN3. The number of hydrogen-bond acceptors (Lipinski definition) is 3. The van der Waals surface area contributed by atoms with Crippen molar-refractivity contribution in [3.63, 3.8) is 0 Å². The molecule has 1 aromatic carbocycles. The number of nitrogens with zero attached hydrogens (tertiary/aromatic N) is 2. The van der Waals surface area contributed by atoms with Gasteiger partial charge in [0.15, 0.2) is 0 Å². The van der Waals surface area contributed by atoms with Crippen molar-refractivity contribution in [3.05, 3.63) is 29.6 Å². The Kier molecular flexibility index (Phi) is 4.45. The minimum absolute atomic E-state index is 0.0570. The second-order valence-electron chi connectivity index (χ2n) is 6.59. The first-order chi connectivity index (χ1) is 10.1. The molecule has 0 bridgehead atoms. The summed E-state index contributed by atoms with van der Waals surface area (Å²) >= 11 is 0. The van der Waals surface area contributed by atoms with Crippen LogP contribution in [-0.4, -0.2) is 43.2 Å². The first kappa shape index (κ1) is 14.8. The Morgan fingerprint density at radius 2 is 2.14 bits per heavy atom. The van der Waals surface area contributed by atoms with Gasteiger partial charge in [-0.05, 0) is 56.5 Å². The van der Waals surface area contributed by atoms with Crippen molar-refractivity contribution in [2.45, 2.75) is 44.7 Å². The molecular weight excluding hydrogens is 265 g/mol. The van der Waals surface area contributed by atoms with Crippen molar-refractivity contribution in [2.75, 3.05) is 31.1 Å². The molecule has 0 aromatic heterocycles. The Balaban J connectivity index is 1.79. The monoisotopic (exact) mass is 291 g/mol. The fraction of sp³-hybridized carbons (Fsp3) is 0.647. The van der Waals surface area contributed by atoms with Gasteiger partial charge in [0.05, 0.1) is 0 Å². The van der Waals surface area contributed by atoms with Crippen molar-refractivity contribution < 1.29 is 4.39 Å². The standard InChI is InChI=1S/C17H26FN3/c1-13(19)10-14-11-15(18)5-6-17(14)21-9-8-20-7-3-2-4-16(20)12-21/h5-6,11,13,16H,2-4,7-10,12,19H2,1H3. The van der Waals surface area contributed by atoms with Gasteiger partial charge in [0, 0.05) is 37.4 Å². The second kappa shape index (κ2) is 6.32. The Morgan fingerprint density at radius 1 is 1.29 bits per heavy atom. The molecule has 0 amide bonds. The Morgan fingerprint density at radius 3 is 2.95 bits per heavy atom. The van der Waals surface area contributed by atoms with Crippen LogP contribution in [0.1, 0.15) is 31.7 Å². The van der Waals surface area contributed by atoms with Gasteiger partial charge in [-0.3, -0.25) is 4.90 Å². The normalized spacial score (nSPS) is 24.7. The summed E-state index contributed by atoms with van der Waals surface area (Å²) in [5, 5.41) is 0. The van der Waals surface area contributed by atoms with E-state index in [0.717, 1.165) is 31.6 Å². The minimum atomic E-state index is -0.161. The molecule has 3 rings (SSSR count). The van der Waals surface area contributed by atoms with Gasteiger partial charge in [-0.15, -0.1) is 0 Å². The second-order valence-corrected chi connectivity index (χ2v) is 6.59. The fourth-order valence-electron chi connectivity index (χ4n) is 3.75. The number of halogens is 1. The lowest BCUT2D eigenvalue weighted by molar-refractivity contribution is 0.133. The molecule has 2 N–H and O–H groups in total. The number of piperazine rings is 1. The highest BCUT2D eigenvalue weighted by molar-refractivity contribution is 5.55. The van der Waals surface area contributed by atoms with E-state index in [0.29, 0.717) is 6.04 Å². The molecule has 0 aliphatic carbocycles. The first-order valence-corrected chi connectivity index (χ1v) is 8.16. The molecule has 116 valence electrons. The van der Waals surface area contributed by atoms with E-state index in [9.17, 15) is 4.39 Å². The summed E-state index contributed by atoms with van der Waals surface area (Å²) in [6, 6.07) is 5.90. The van der Waals surface area contributed by atoms with Gasteiger partial charge in [-0.1, -0.05) is 6.42 Å². The van der Waals surface area contributed by atoms with Crippen LogP contribution in [0.3, 0.4) is 0 Å².